The predicted molar refractivity (Wildman–Crippen MR) is 88.4 cm³/mol. The van der Waals surface area contributed by atoms with Crippen LogP contribution < -0.4 is 10.6 Å². The summed E-state index contributed by atoms with van der Waals surface area (Å²) in [4.78, 5) is 12.3. The fourth-order valence-electron chi connectivity index (χ4n) is 2.71. The van der Waals surface area contributed by atoms with E-state index in [1.807, 2.05) is 30.3 Å². The lowest BCUT2D eigenvalue weighted by molar-refractivity contribution is -0.119. The molecular weight excluding hydrogens is 306 g/mol. The minimum absolute atomic E-state index is 0.0457. The second-order valence-corrected chi connectivity index (χ2v) is 5.57. The first kappa shape index (κ1) is 15.7. The molecule has 8 nitrogen and oxygen atoms in total. The van der Waals surface area contributed by atoms with Crippen molar-refractivity contribution in [3.8, 4) is 6.07 Å². The summed E-state index contributed by atoms with van der Waals surface area (Å²) in [6.07, 6.45) is 5.59. The molecule has 1 aliphatic carbocycles. The highest BCUT2D eigenvalue weighted by Gasteiger charge is 2.23. The summed E-state index contributed by atoms with van der Waals surface area (Å²) in [7, 11) is 0. The first-order valence-corrected chi connectivity index (χ1v) is 7.78. The number of allylic oxidation sites excluding steroid dienone is 1. The minimum Gasteiger partial charge on any atom is -0.359 e. The third-order valence-electron chi connectivity index (χ3n) is 3.99. The van der Waals surface area contributed by atoms with Crippen molar-refractivity contribution in [2.24, 2.45) is 5.92 Å². The van der Waals surface area contributed by atoms with Gasteiger partial charge < -0.3 is 10.6 Å². The van der Waals surface area contributed by atoms with Crippen LogP contribution in [0.4, 0.5) is 11.4 Å². The Hall–Kier alpha value is -3.21. The molecular formula is C16H17N7O. The number of hydrogen-bond donors (Lipinski definition) is 3. The molecule has 122 valence electrons. The summed E-state index contributed by atoms with van der Waals surface area (Å²) in [5.41, 5.74) is 1.61. The van der Waals surface area contributed by atoms with E-state index in [4.69, 9.17) is 0 Å². The average Bonchev–Trinajstić information content (AvgIpc) is 3.31. The Labute approximate surface area is 139 Å². The summed E-state index contributed by atoms with van der Waals surface area (Å²) >= 11 is 0. The normalized spacial score (nSPS) is 15.0. The lowest BCUT2D eigenvalue weighted by Gasteiger charge is -2.14. The van der Waals surface area contributed by atoms with Gasteiger partial charge in [-0.1, -0.05) is 25.0 Å². The van der Waals surface area contributed by atoms with Crippen molar-refractivity contribution in [1.29, 1.82) is 5.26 Å². The van der Waals surface area contributed by atoms with Crippen LogP contribution in [0, 0.1) is 17.2 Å². The minimum atomic E-state index is 0.0457. The zero-order chi connectivity index (χ0) is 16.8. The van der Waals surface area contributed by atoms with Gasteiger partial charge in [0, 0.05) is 12.1 Å². The molecule has 1 amide bonds. The Morgan fingerprint density at radius 1 is 1.29 bits per heavy atom. The second-order valence-electron chi connectivity index (χ2n) is 5.57. The van der Waals surface area contributed by atoms with Crippen LogP contribution in [0.2, 0.25) is 0 Å². The van der Waals surface area contributed by atoms with E-state index in [0.717, 1.165) is 25.7 Å². The molecule has 2 aromatic rings. The van der Waals surface area contributed by atoms with Gasteiger partial charge in [0.25, 0.3) is 0 Å². The van der Waals surface area contributed by atoms with Crippen LogP contribution >= 0.6 is 0 Å². The van der Waals surface area contributed by atoms with Crippen molar-refractivity contribution in [3.63, 3.8) is 0 Å². The standard InChI is InChI=1S/C16H17N7O/c17-9-12(15-20-22-23-21-15)10-18-13-7-3-4-8-14(13)19-16(24)11-5-1-2-6-11/h3-4,7-8,10-11,18H,1-2,5-6H2,(H,19,24)(H,20,21,22,23). The van der Waals surface area contributed by atoms with Gasteiger partial charge in [-0.25, -0.2) is 0 Å². The number of nitriles is 1. The maximum atomic E-state index is 12.3. The number of benzene rings is 1. The van der Waals surface area contributed by atoms with E-state index in [1.165, 1.54) is 6.20 Å². The maximum absolute atomic E-state index is 12.3. The highest BCUT2D eigenvalue weighted by Crippen LogP contribution is 2.28. The lowest BCUT2D eigenvalue weighted by atomic mass is 10.1. The highest BCUT2D eigenvalue weighted by molar-refractivity contribution is 5.96. The number of hydrogen-bond acceptors (Lipinski definition) is 6. The number of aromatic amines is 1. The van der Waals surface area contributed by atoms with E-state index in [0.29, 0.717) is 11.4 Å². The fraction of sp³-hybridized carbons (Fsp3) is 0.312. The number of rotatable bonds is 5. The van der Waals surface area contributed by atoms with Crippen molar-refractivity contribution in [2.75, 3.05) is 10.6 Å². The molecule has 1 aromatic carbocycles. The van der Waals surface area contributed by atoms with Crippen LogP contribution in [0.3, 0.4) is 0 Å². The smallest absolute Gasteiger partial charge is 0.227 e. The molecule has 0 spiro atoms. The quantitative estimate of drug-likeness (QED) is 0.726. The van der Waals surface area contributed by atoms with E-state index in [-0.39, 0.29) is 23.2 Å². The van der Waals surface area contributed by atoms with E-state index >= 15 is 0 Å². The van der Waals surface area contributed by atoms with Crippen molar-refractivity contribution in [1.82, 2.24) is 20.6 Å². The van der Waals surface area contributed by atoms with Crippen LogP contribution in [0.15, 0.2) is 30.5 Å². The number of para-hydroxylation sites is 2. The summed E-state index contributed by atoms with van der Waals surface area (Å²) in [6.45, 7) is 0. The number of nitrogens with zero attached hydrogens (tertiary/aromatic N) is 4. The molecule has 0 saturated heterocycles. The number of carbonyl (C=O) groups is 1. The SMILES string of the molecule is N#CC(=CNc1ccccc1NC(=O)C1CCCC1)c1nn[nH]n1. The molecule has 1 aliphatic rings. The molecule has 1 saturated carbocycles. The van der Waals surface area contributed by atoms with E-state index in [9.17, 15) is 10.1 Å². The third kappa shape index (κ3) is 3.57. The molecule has 0 atom stereocenters. The Bertz CT molecular complexity index is 770. The Balaban J connectivity index is 1.74. The zero-order valence-electron chi connectivity index (χ0n) is 13.0. The Morgan fingerprint density at radius 2 is 2.04 bits per heavy atom. The van der Waals surface area contributed by atoms with Crippen molar-refractivity contribution in [3.05, 3.63) is 36.3 Å². The van der Waals surface area contributed by atoms with E-state index < -0.39 is 0 Å². The van der Waals surface area contributed by atoms with Gasteiger partial charge in [0.15, 0.2) is 0 Å². The first-order valence-electron chi connectivity index (χ1n) is 7.78. The van der Waals surface area contributed by atoms with Crippen molar-refractivity contribution in [2.45, 2.75) is 25.7 Å². The molecule has 24 heavy (non-hydrogen) atoms. The summed E-state index contributed by atoms with van der Waals surface area (Å²) in [5, 5.41) is 28.5. The molecule has 0 unspecified atom stereocenters. The van der Waals surface area contributed by atoms with Crippen molar-refractivity contribution >= 4 is 22.9 Å². The lowest BCUT2D eigenvalue weighted by Crippen LogP contribution is -2.20. The predicted octanol–water partition coefficient (Wildman–Crippen LogP) is 2.30. The molecule has 1 aromatic heterocycles. The number of amides is 1. The molecule has 3 N–H and O–H groups in total. The largest absolute Gasteiger partial charge is 0.359 e. The topological polar surface area (TPSA) is 119 Å². The van der Waals surface area contributed by atoms with Gasteiger partial charge in [0.2, 0.25) is 11.7 Å². The van der Waals surface area contributed by atoms with Crippen LogP contribution in [0.5, 0.6) is 0 Å². The molecule has 8 heteroatoms. The average molecular weight is 323 g/mol. The van der Waals surface area contributed by atoms with E-state index in [2.05, 4.69) is 31.3 Å². The van der Waals surface area contributed by atoms with Gasteiger partial charge in [0.05, 0.1) is 11.4 Å². The van der Waals surface area contributed by atoms with Gasteiger partial charge in [-0.2, -0.15) is 10.5 Å². The number of H-pyrrole nitrogens is 1. The first-order chi connectivity index (χ1) is 11.8. The number of aromatic nitrogens is 4. The molecule has 3 rings (SSSR count). The molecule has 0 radical (unpaired) electrons. The number of anilines is 2. The molecule has 1 fully saturated rings. The van der Waals surface area contributed by atoms with Gasteiger partial charge in [0.1, 0.15) is 11.6 Å². The van der Waals surface area contributed by atoms with Crippen LogP contribution in [0.25, 0.3) is 5.57 Å². The maximum Gasteiger partial charge on any atom is 0.227 e. The van der Waals surface area contributed by atoms with Gasteiger partial charge in [-0.05, 0) is 30.2 Å². The van der Waals surface area contributed by atoms with Gasteiger partial charge >= 0.3 is 0 Å². The summed E-state index contributed by atoms with van der Waals surface area (Å²) in [5.74, 6) is 0.337. The monoisotopic (exact) mass is 323 g/mol. The van der Waals surface area contributed by atoms with Gasteiger partial charge in [-0.3, -0.25) is 4.79 Å². The zero-order valence-corrected chi connectivity index (χ0v) is 13.0. The van der Waals surface area contributed by atoms with Crippen LogP contribution in [-0.4, -0.2) is 26.5 Å². The molecule has 1 heterocycles. The van der Waals surface area contributed by atoms with Crippen molar-refractivity contribution < 1.29 is 4.79 Å². The summed E-state index contributed by atoms with van der Waals surface area (Å²) < 4.78 is 0. The third-order valence-corrected chi connectivity index (χ3v) is 3.99. The van der Waals surface area contributed by atoms with E-state index in [1.54, 1.807) is 0 Å². The van der Waals surface area contributed by atoms with Crippen LogP contribution in [-0.2, 0) is 4.79 Å². The number of tetrazole rings is 1. The van der Waals surface area contributed by atoms with Gasteiger partial charge in [-0.15, -0.1) is 10.2 Å². The summed E-state index contributed by atoms with van der Waals surface area (Å²) in [6, 6.07) is 9.35. The second kappa shape index (κ2) is 7.37. The highest BCUT2D eigenvalue weighted by atomic mass is 16.1. The number of carbonyl (C=O) groups excluding carboxylic acids is 1. The Morgan fingerprint density at radius 3 is 2.71 bits per heavy atom. The Kier molecular flexibility index (Phi) is 4.81. The number of nitrogens with one attached hydrogen (secondary N) is 3. The van der Waals surface area contributed by atoms with Crippen LogP contribution in [0.1, 0.15) is 31.5 Å². The molecule has 0 aliphatic heterocycles. The fourth-order valence-corrected chi connectivity index (χ4v) is 2.71. The molecule has 0 bridgehead atoms.